The molecule has 2 amide bonds. The zero-order valence-electron chi connectivity index (χ0n) is 17.0. The van der Waals surface area contributed by atoms with Crippen molar-refractivity contribution in [3.63, 3.8) is 0 Å². The summed E-state index contributed by atoms with van der Waals surface area (Å²) in [5, 5.41) is 2.94. The van der Waals surface area contributed by atoms with Gasteiger partial charge >= 0.3 is 0 Å². The normalized spacial score (nSPS) is 17.5. The van der Waals surface area contributed by atoms with E-state index in [2.05, 4.69) is 5.32 Å². The van der Waals surface area contributed by atoms with Gasteiger partial charge in [-0.2, -0.15) is 0 Å². The molecule has 0 bridgehead atoms. The molecule has 31 heavy (non-hydrogen) atoms. The number of nitrogens with zero attached hydrogens (tertiary/aromatic N) is 2. The first kappa shape index (κ1) is 20.9. The van der Waals surface area contributed by atoms with Crippen LogP contribution in [0.15, 0.2) is 96.0 Å². The lowest BCUT2D eigenvalue weighted by Gasteiger charge is -2.32. The topological polar surface area (TPSA) is 61.8 Å². The van der Waals surface area contributed by atoms with Gasteiger partial charge in [-0.3, -0.25) is 14.5 Å². The summed E-state index contributed by atoms with van der Waals surface area (Å²) in [6, 6.07) is 28.8. The molecule has 3 aromatic carbocycles. The van der Waals surface area contributed by atoms with E-state index in [4.69, 9.17) is 4.99 Å². The molecule has 1 aliphatic rings. The van der Waals surface area contributed by atoms with Crippen LogP contribution in [0.4, 0.5) is 11.4 Å². The molecule has 6 heteroatoms. The van der Waals surface area contributed by atoms with Crippen LogP contribution >= 0.6 is 11.8 Å². The number of hydrogen-bond acceptors (Lipinski definition) is 4. The number of carbonyl (C=O) groups excluding carboxylic acids is 2. The average Bonchev–Trinajstić information content (AvgIpc) is 2.80. The van der Waals surface area contributed by atoms with E-state index in [1.807, 2.05) is 91.0 Å². The molecule has 1 aliphatic heterocycles. The smallest absolute Gasteiger partial charge is 0.238 e. The Morgan fingerprint density at radius 2 is 1.55 bits per heavy atom. The lowest BCUT2D eigenvalue weighted by atomic mass is 10.1. The van der Waals surface area contributed by atoms with Gasteiger partial charge < -0.3 is 5.32 Å². The first-order chi connectivity index (χ1) is 15.2. The Labute approximate surface area is 186 Å². The van der Waals surface area contributed by atoms with Crippen LogP contribution in [0.5, 0.6) is 0 Å². The van der Waals surface area contributed by atoms with Crippen LogP contribution in [0.25, 0.3) is 0 Å². The molecule has 0 radical (unpaired) electrons. The predicted octanol–water partition coefficient (Wildman–Crippen LogP) is 4.89. The molecule has 1 atom stereocenters. The largest absolute Gasteiger partial charge is 0.325 e. The lowest BCUT2D eigenvalue weighted by Crippen LogP contribution is -2.46. The van der Waals surface area contributed by atoms with Crippen LogP contribution in [0.2, 0.25) is 0 Å². The number of anilines is 1. The number of benzene rings is 3. The van der Waals surface area contributed by atoms with E-state index in [1.165, 1.54) is 11.8 Å². The van der Waals surface area contributed by atoms with Gasteiger partial charge in [0.2, 0.25) is 11.8 Å². The molecular formula is C25H23N3O2S. The number of amidine groups is 1. The zero-order valence-corrected chi connectivity index (χ0v) is 17.8. The number of carbonyl (C=O) groups is 2. The molecule has 0 unspecified atom stereocenters. The van der Waals surface area contributed by atoms with Crippen molar-refractivity contribution in [2.75, 3.05) is 11.9 Å². The lowest BCUT2D eigenvalue weighted by molar-refractivity contribution is -0.129. The molecule has 5 nitrogen and oxygen atoms in total. The summed E-state index contributed by atoms with van der Waals surface area (Å²) in [5.41, 5.74) is 2.63. The highest BCUT2D eigenvalue weighted by Crippen LogP contribution is 2.30. The first-order valence-electron chi connectivity index (χ1n) is 10.2. The molecule has 0 aromatic heterocycles. The molecule has 3 aromatic rings. The molecule has 0 spiro atoms. The van der Waals surface area contributed by atoms with Gasteiger partial charge in [-0.15, -0.1) is 0 Å². The number of aliphatic imine (C=N–C) groups is 1. The Hall–Kier alpha value is -3.38. The fourth-order valence-electron chi connectivity index (χ4n) is 3.30. The van der Waals surface area contributed by atoms with Gasteiger partial charge in [0.25, 0.3) is 0 Å². The summed E-state index contributed by atoms with van der Waals surface area (Å²) in [6.45, 7) is 0.522. The molecule has 4 rings (SSSR count). The SMILES string of the molecule is O=C(Nc1ccccc1)[C@H]1CC(=O)N(CCc2ccccc2)C(=Nc2ccccc2)S1. The molecular weight excluding hydrogens is 406 g/mol. The Morgan fingerprint density at radius 3 is 2.23 bits per heavy atom. The third-order valence-electron chi connectivity index (χ3n) is 4.92. The Balaban J connectivity index is 1.54. The summed E-state index contributed by atoms with van der Waals surface area (Å²) in [6.07, 6.45) is 0.869. The zero-order chi connectivity index (χ0) is 21.5. The summed E-state index contributed by atoms with van der Waals surface area (Å²) in [7, 11) is 0. The van der Waals surface area contributed by atoms with Gasteiger partial charge in [0.15, 0.2) is 5.17 Å². The molecule has 1 saturated heterocycles. The summed E-state index contributed by atoms with van der Waals surface area (Å²) in [4.78, 5) is 32.3. The van der Waals surface area contributed by atoms with Gasteiger partial charge in [0.05, 0.1) is 5.69 Å². The van der Waals surface area contributed by atoms with E-state index in [9.17, 15) is 9.59 Å². The summed E-state index contributed by atoms with van der Waals surface area (Å²) in [5.74, 6) is -0.273. The van der Waals surface area contributed by atoms with E-state index in [-0.39, 0.29) is 18.2 Å². The minimum absolute atomic E-state index is 0.0856. The third kappa shape index (κ3) is 5.61. The monoisotopic (exact) mass is 429 g/mol. The molecule has 1 N–H and O–H groups in total. The fraction of sp³-hybridized carbons (Fsp3) is 0.160. The predicted molar refractivity (Wildman–Crippen MR) is 126 cm³/mol. The highest BCUT2D eigenvalue weighted by atomic mass is 32.2. The van der Waals surface area contributed by atoms with E-state index in [0.717, 1.165) is 17.7 Å². The number of amides is 2. The highest BCUT2D eigenvalue weighted by molar-refractivity contribution is 8.15. The van der Waals surface area contributed by atoms with Crippen LogP contribution in [0.3, 0.4) is 0 Å². The van der Waals surface area contributed by atoms with Crippen LogP contribution in [0, 0.1) is 0 Å². The van der Waals surface area contributed by atoms with Crippen molar-refractivity contribution in [3.05, 3.63) is 96.6 Å². The molecule has 0 saturated carbocycles. The van der Waals surface area contributed by atoms with Crippen LogP contribution in [-0.2, 0) is 16.0 Å². The molecule has 1 heterocycles. The van der Waals surface area contributed by atoms with Crippen LogP contribution in [-0.4, -0.2) is 33.7 Å². The second-order valence-corrected chi connectivity index (χ2v) is 8.35. The Bertz CT molecular complexity index is 1060. The first-order valence-corrected chi connectivity index (χ1v) is 11.1. The number of hydrogen-bond donors (Lipinski definition) is 1. The van der Waals surface area contributed by atoms with Gasteiger partial charge in [-0.1, -0.05) is 78.5 Å². The van der Waals surface area contributed by atoms with Crippen LogP contribution in [0.1, 0.15) is 12.0 Å². The van der Waals surface area contributed by atoms with Crippen LogP contribution < -0.4 is 5.32 Å². The average molecular weight is 430 g/mol. The molecule has 1 fully saturated rings. The van der Waals surface area contributed by atoms with E-state index in [0.29, 0.717) is 17.4 Å². The van der Waals surface area contributed by atoms with Crippen molar-refractivity contribution < 1.29 is 9.59 Å². The number of thioether (sulfide) groups is 1. The minimum atomic E-state index is -0.525. The van der Waals surface area contributed by atoms with Crippen molar-refractivity contribution in [2.24, 2.45) is 4.99 Å². The maximum atomic E-state index is 13.0. The highest BCUT2D eigenvalue weighted by Gasteiger charge is 2.35. The summed E-state index contributed by atoms with van der Waals surface area (Å²) >= 11 is 1.34. The number of rotatable bonds is 6. The minimum Gasteiger partial charge on any atom is -0.325 e. The maximum absolute atomic E-state index is 13.0. The molecule has 0 aliphatic carbocycles. The van der Waals surface area contributed by atoms with Gasteiger partial charge in [-0.25, -0.2) is 4.99 Å². The van der Waals surface area contributed by atoms with Crippen molar-refractivity contribution in [2.45, 2.75) is 18.1 Å². The van der Waals surface area contributed by atoms with Gasteiger partial charge in [-0.05, 0) is 36.2 Å². The van der Waals surface area contributed by atoms with Crippen molar-refractivity contribution in [3.8, 4) is 0 Å². The maximum Gasteiger partial charge on any atom is 0.238 e. The van der Waals surface area contributed by atoms with E-state index < -0.39 is 5.25 Å². The standard InChI is InChI=1S/C25H23N3O2S/c29-23-18-22(24(30)26-20-12-6-2-7-13-20)31-25(27-21-14-8-3-9-15-21)28(23)17-16-19-10-4-1-5-11-19/h1-15,22H,16-18H2,(H,26,30)/t22-/m1/s1. The number of para-hydroxylation sites is 2. The quantitative estimate of drug-likeness (QED) is 0.607. The second-order valence-electron chi connectivity index (χ2n) is 7.18. The van der Waals surface area contributed by atoms with Crippen molar-refractivity contribution >= 4 is 40.1 Å². The van der Waals surface area contributed by atoms with E-state index >= 15 is 0 Å². The Kier molecular flexibility index (Phi) is 6.79. The van der Waals surface area contributed by atoms with Crippen molar-refractivity contribution in [1.29, 1.82) is 0 Å². The Morgan fingerprint density at radius 1 is 0.935 bits per heavy atom. The van der Waals surface area contributed by atoms with Gasteiger partial charge in [0, 0.05) is 18.7 Å². The van der Waals surface area contributed by atoms with E-state index in [1.54, 1.807) is 4.90 Å². The molecule has 156 valence electrons. The third-order valence-corrected chi connectivity index (χ3v) is 6.11. The fourth-order valence-corrected chi connectivity index (χ4v) is 4.43. The number of nitrogens with one attached hydrogen (secondary N) is 1. The van der Waals surface area contributed by atoms with Crippen molar-refractivity contribution in [1.82, 2.24) is 4.90 Å². The van der Waals surface area contributed by atoms with Gasteiger partial charge in [0.1, 0.15) is 5.25 Å². The summed E-state index contributed by atoms with van der Waals surface area (Å²) < 4.78 is 0. The second kappa shape index (κ2) is 10.1.